The molecule has 0 saturated carbocycles. The van der Waals surface area contributed by atoms with Crippen LogP contribution in [-0.4, -0.2) is 0 Å². The van der Waals surface area contributed by atoms with Crippen LogP contribution in [-0.2, 0) is 20.4 Å². The van der Waals surface area contributed by atoms with Crippen LogP contribution in [0.15, 0.2) is 20.6 Å². The molecule has 0 nitrogen and oxygen atoms in total. The molecule has 1 aliphatic rings. The first-order valence-electron chi connectivity index (χ1n) is 4.89. The molecular weight excluding hydrogens is 180 g/mol. The van der Waals surface area contributed by atoms with Crippen LogP contribution in [0.1, 0.15) is 46.5 Å². The van der Waals surface area contributed by atoms with E-state index in [-0.39, 0.29) is 0 Å². The molecule has 0 saturated heterocycles. The molecule has 1 heteroatoms. The van der Waals surface area contributed by atoms with Gasteiger partial charge in [-0.25, -0.2) is 0 Å². The van der Waals surface area contributed by atoms with E-state index in [1.54, 1.807) is 20.6 Å². The minimum absolute atomic E-state index is 1.22. The Labute approximate surface area is 87.5 Å². The van der Waals surface area contributed by atoms with E-state index in [2.05, 4.69) is 41.2 Å². The first-order valence-corrected chi connectivity index (χ1v) is 5.67. The Bertz CT molecular complexity index is 233. The standard InChI is InChI=1S/C11H17.Ti/c1-4-9-7-8-10(5-2)11(9)6-3;/h4-7H2,1-3H3;. The van der Waals surface area contributed by atoms with Crippen molar-refractivity contribution in [3.63, 3.8) is 0 Å². The molecular formula is C11H17Ti. The van der Waals surface area contributed by atoms with E-state index < -0.39 is 0 Å². The number of hydrogen-bond donors (Lipinski definition) is 0. The van der Waals surface area contributed by atoms with Crippen LogP contribution in [0, 0.1) is 0 Å². The topological polar surface area (TPSA) is 0 Å². The second-order valence-corrected chi connectivity index (χ2v) is 4.22. The molecule has 0 atom stereocenters. The SMILES string of the molecule is CCC1=C(CC)C(CC)=[C]([Ti])C1. The van der Waals surface area contributed by atoms with Gasteiger partial charge in [-0.3, -0.25) is 0 Å². The van der Waals surface area contributed by atoms with Crippen molar-refractivity contribution in [1.29, 1.82) is 0 Å². The maximum atomic E-state index is 2.29. The monoisotopic (exact) mass is 197 g/mol. The van der Waals surface area contributed by atoms with Gasteiger partial charge in [0.2, 0.25) is 0 Å². The molecule has 0 N–H and O–H groups in total. The van der Waals surface area contributed by atoms with E-state index in [4.69, 9.17) is 0 Å². The zero-order valence-corrected chi connectivity index (χ0v) is 9.89. The van der Waals surface area contributed by atoms with Gasteiger partial charge in [0.25, 0.3) is 0 Å². The molecule has 65 valence electrons. The fraction of sp³-hybridized carbons (Fsp3) is 0.636. The second kappa shape index (κ2) is 4.44. The van der Waals surface area contributed by atoms with Gasteiger partial charge < -0.3 is 0 Å². The Hall–Kier alpha value is 0.194. The van der Waals surface area contributed by atoms with Gasteiger partial charge in [-0.05, 0) is 0 Å². The third kappa shape index (κ3) is 1.75. The van der Waals surface area contributed by atoms with Gasteiger partial charge in [-0.2, -0.15) is 0 Å². The average Bonchev–Trinajstić information content (AvgIpc) is 2.40. The molecule has 0 heterocycles. The molecule has 0 unspecified atom stereocenters. The summed E-state index contributed by atoms with van der Waals surface area (Å²) in [5.41, 5.74) is 5.00. The van der Waals surface area contributed by atoms with Crippen molar-refractivity contribution in [3.8, 4) is 0 Å². The number of rotatable bonds is 3. The van der Waals surface area contributed by atoms with Crippen molar-refractivity contribution in [2.24, 2.45) is 0 Å². The number of allylic oxidation sites excluding steroid dienone is 4. The predicted molar refractivity (Wildman–Crippen MR) is 49.5 cm³/mol. The summed E-state index contributed by atoms with van der Waals surface area (Å²) < 4.78 is 1.62. The normalized spacial score (nSPS) is 17.8. The Morgan fingerprint density at radius 2 is 1.58 bits per heavy atom. The van der Waals surface area contributed by atoms with Crippen molar-refractivity contribution < 1.29 is 20.4 Å². The van der Waals surface area contributed by atoms with Crippen LogP contribution in [0.3, 0.4) is 0 Å². The molecule has 0 aromatic carbocycles. The summed E-state index contributed by atoms with van der Waals surface area (Å²) in [5, 5.41) is 0. The minimum atomic E-state index is 1.22. The van der Waals surface area contributed by atoms with Gasteiger partial charge in [-0.1, -0.05) is 0 Å². The molecule has 0 radical (unpaired) electrons. The van der Waals surface area contributed by atoms with Crippen LogP contribution in [0.25, 0.3) is 0 Å². The van der Waals surface area contributed by atoms with E-state index in [1.165, 1.54) is 25.7 Å². The van der Waals surface area contributed by atoms with Crippen molar-refractivity contribution in [2.75, 3.05) is 0 Å². The van der Waals surface area contributed by atoms with Gasteiger partial charge in [0, 0.05) is 0 Å². The summed E-state index contributed by atoms with van der Waals surface area (Å²) in [7, 11) is 0. The van der Waals surface area contributed by atoms with Crippen LogP contribution in [0.2, 0.25) is 0 Å². The molecule has 0 spiro atoms. The molecule has 0 fully saturated rings. The van der Waals surface area contributed by atoms with Gasteiger partial charge in [0.15, 0.2) is 0 Å². The molecule has 0 bridgehead atoms. The Kier molecular flexibility index (Phi) is 3.80. The van der Waals surface area contributed by atoms with Crippen LogP contribution >= 0.6 is 0 Å². The van der Waals surface area contributed by atoms with Gasteiger partial charge in [-0.15, -0.1) is 0 Å². The molecule has 1 rings (SSSR count). The fourth-order valence-electron chi connectivity index (χ4n) is 2.05. The van der Waals surface area contributed by atoms with Gasteiger partial charge in [0.05, 0.1) is 0 Å². The summed E-state index contributed by atoms with van der Waals surface area (Å²) >= 11 is 2.29. The Morgan fingerprint density at radius 3 is 2.00 bits per heavy atom. The molecule has 12 heavy (non-hydrogen) atoms. The number of hydrogen-bond acceptors (Lipinski definition) is 0. The third-order valence-corrected chi connectivity index (χ3v) is 3.43. The predicted octanol–water partition coefficient (Wildman–Crippen LogP) is 3.72. The summed E-state index contributed by atoms with van der Waals surface area (Å²) in [4.78, 5) is 0. The summed E-state index contributed by atoms with van der Waals surface area (Å²) in [6.45, 7) is 6.82. The van der Waals surface area contributed by atoms with Crippen molar-refractivity contribution in [3.05, 3.63) is 20.6 Å². The maximum absolute atomic E-state index is 2.29. The first kappa shape index (κ1) is 10.3. The van der Waals surface area contributed by atoms with E-state index in [1.807, 2.05) is 0 Å². The molecule has 0 aliphatic heterocycles. The molecule has 0 aromatic rings. The van der Waals surface area contributed by atoms with E-state index in [9.17, 15) is 0 Å². The molecule has 0 amide bonds. The zero-order valence-electron chi connectivity index (χ0n) is 8.33. The summed E-state index contributed by atoms with van der Waals surface area (Å²) in [5.74, 6) is 0. The van der Waals surface area contributed by atoms with E-state index in [0.717, 1.165) is 0 Å². The fourth-order valence-corrected chi connectivity index (χ4v) is 2.90. The van der Waals surface area contributed by atoms with Crippen LogP contribution in [0.4, 0.5) is 0 Å². The van der Waals surface area contributed by atoms with Crippen molar-refractivity contribution >= 4 is 0 Å². The van der Waals surface area contributed by atoms with Crippen LogP contribution in [0.5, 0.6) is 0 Å². The summed E-state index contributed by atoms with van der Waals surface area (Å²) in [6.07, 6.45) is 4.94. The van der Waals surface area contributed by atoms with Crippen molar-refractivity contribution in [1.82, 2.24) is 0 Å². The van der Waals surface area contributed by atoms with E-state index >= 15 is 0 Å². The van der Waals surface area contributed by atoms with E-state index in [0.29, 0.717) is 0 Å². The van der Waals surface area contributed by atoms with Gasteiger partial charge in [0.1, 0.15) is 0 Å². The average molecular weight is 197 g/mol. The summed E-state index contributed by atoms with van der Waals surface area (Å²) in [6, 6.07) is 0. The first-order chi connectivity index (χ1) is 5.74. The Balaban J connectivity index is 2.94. The van der Waals surface area contributed by atoms with Crippen molar-refractivity contribution in [2.45, 2.75) is 46.5 Å². The molecule has 1 aliphatic carbocycles. The second-order valence-electron chi connectivity index (χ2n) is 3.28. The van der Waals surface area contributed by atoms with Crippen LogP contribution < -0.4 is 0 Å². The van der Waals surface area contributed by atoms with Gasteiger partial charge >= 0.3 is 87.5 Å². The third-order valence-electron chi connectivity index (χ3n) is 2.68. The quantitative estimate of drug-likeness (QED) is 0.605. The zero-order chi connectivity index (χ0) is 9.14. The molecule has 0 aromatic heterocycles. The Morgan fingerprint density at radius 1 is 1.00 bits per heavy atom.